The largest absolute Gasteiger partial charge is 0.346 e. The summed E-state index contributed by atoms with van der Waals surface area (Å²) < 4.78 is 5.57. The summed E-state index contributed by atoms with van der Waals surface area (Å²) in [6.07, 6.45) is 6.17. The molecule has 0 saturated heterocycles. The van der Waals surface area contributed by atoms with Gasteiger partial charge in [-0.15, -0.1) is 0 Å². The molecule has 0 heterocycles. The van der Waals surface area contributed by atoms with Crippen LogP contribution in [0.25, 0.3) is 0 Å². The second kappa shape index (κ2) is 11.7. The van der Waals surface area contributed by atoms with Crippen molar-refractivity contribution in [1.82, 2.24) is 9.99 Å². The third kappa shape index (κ3) is 8.67. The predicted molar refractivity (Wildman–Crippen MR) is 80.6 cm³/mol. The molecule has 18 heavy (non-hydrogen) atoms. The molecule has 108 valence electrons. The van der Waals surface area contributed by atoms with Crippen molar-refractivity contribution in [1.29, 1.82) is 0 Å². The van der Waals surface area contributed by atoms with Crippen LogP contribution in [-0.4, -0.2) is 38.1 Å². The zero-order chi connectivity index (χ0) is 13.8. The summed E-state index contributed by atoms with van der Waals surface area (Å²) in [7, 11) is 2.62. The molecule has 0 aromatic carbocycles. The lowest BCUT2D eigenvalue weighted by molar-refractivity contribution is 0.332. The first-order valence-corrected chi connectivity index (χ1v) is 8.10. The average molecular weight is 276 g/mol. The van der Waals surface area contributed by atoms with Crippen molar-refractivity contribution >= 4 is 14.4 Å². The van der Waals surface area contributed by atoms with Gasteiger partial charge in [0.2, 0.25) is 8.45 Å². The molecule has 0 aliphatic heterocycles. The molecule has 0 amide bonds. The molecule has 0 rings (SSSR count). The zero-order valence-electron chi connectivity index (χ0n) is 12.3. The van der Waals surface area contributed by atoms with Crippen LogP contribution in [0.15, 0.2) is 4.99 Å². The van der Waals surface area contributed by atoms with Crippen LogP contribution < -0.4 is 10.6 Å². The molecule has 0 saturated carbocycles. The van der Waals surface area contributed by atoms with E-state index in [9.17, 15) is 0 Å². The van der Waals surface area contributed by atoms with E-state index in [0.29, 0.717) is 0 Å². The predicted octanol–water partition coefficient (Wildman–Crippen LogP) is 2.69. The summed E-state index contributed by atoms with van der Waals surface area (Å²) in [6, 6.07) is 0. The molecular formula is C12H29N4OP. The fourth-order valence-corrected chi connectivity index (χ4v) is 2.31. The lowest BCUT2D eigenvalue weighted by Crippen LogP contribution is -2.37. The van der Waals surface area contributed by atoms with E-state index in [2.05, 4.69) is 23.9 Å². The molecule has 5 nitrogen and oxygen atoms in total. The highest BCUT2D eigenvalue weighted by molar-refractivity contribution is 7.48. The first-order chi connectivity index (χ1) is 8.65. The van der Waals surface area contributed by atoms with Crippen molar-refractivity contribution in [3.05, 3.63) is 0 Å². The van der Waals surface area contributed by atoms with E-state index >= 15 is 0 Å². The molecule has 0 fully saturated rings. The second-order valence-corrected chi connectivity index (χ2v) is 5.38. The van der Waals surface area contributed by atoms with Crippen LogP contribution in [0.2, 0.25) is 0 Å². The summed E-state index contributed by atoms with van der Waals surface area (Å²) in [5.74, 6) is 0.789. The van der Waals surface area contributed by atoms with E-state index in [1.807, 2.05) is 11.9 Å². The Morgan fingerprint density at radius 3 is 2.50 bits per heavy atom. The van der Waals surface area contributed by atoms with Gasteiger partial charge in [-0.25, -0.2) is 0 Å². The Balaban J connectivity index is 3.66. The van der Waals surface area contributed by atoms with Gasteiger partial charge in [0, 0.05) is 20.6 Å². The number of nitrogens with one attached hydrogen (secondary N) is 1. The standard InChI is InChI=1S/C12H29N4OP/c1-5-7-8-9-10-11-17-18(13)15-12(14-3)16(4)6-2/h5-11,13H2,1-4H3,(H,14,15). The van der Waals surface area contributed by atoms with Gasteiger partial charge in [0.15, 0.2) is 5.96 Å². The van der Waals surface area contributed by atoms with Gasteiger partial charge in [-0.2, -0.15) is 0 Å². The minimum atomic E-state index is -1.11. The van der Waals surface area contributed by atoms with Crippen LogP contribution >= 0.6 is 8.45 Å². The first-order valence-electron chi connectivity index (χ1n) is 6.78. The van der Waals surface area contributed by atoms with Gasteiger partial charge < -0.3 is 14.5 Å². The second-order valence-electron chi connectivity index (χ2n) is 4.25. The third-order valence-electron chi connectivity index (χ3n) is 2.74. The van der Waals surface area contributed by atoms with E-state index < -0.39 is 8.45 Å². The maximum atomic E-state index is 5.91. The van der Waals surface area contributed by atoms with Crippen molar-refractivity contribution in [2.75, 3.05) is 27.2 Å². The molecule has 0 radical (unpaired) electrons. The van der Waals surface area contributed by atoms with Crippen LogP contribution in [0.5, 0.6) is 0 Å². The van der Waals surface area contributed by atoms with Gasteiger partial charge in [-0.05, 0) is 13.3 Å². The van der Waals surface area contributed by atoms with E-state index in [-0.39, 0.29) is 0 Å². The van der Waals surface area contributed by atoms with Gasteiger partial charge in [-0.3, -0.25) is 10.5 Å². The van der Waals surface area contributed by atoms with Crippen LogP contribution in [0.3, 0.4) is 0 Å². The quantitative estimate of drug-likeness (QED) is 0.294. The summed E-state index contributed by atoms with van der Waals surface area (Å²) in [6.45, 7) is 5.90. The number of hydrogen-bond donors (Lipinski definition) is 2. The number of nitrogens with two attached hydrogens (primary N) is 1. The van der Waals surface area contributed by atoms with E-state index in [0.717, 1.165) is 25.5 Å². The average Bonchev–Trinajstić information content (AvgIpc) is 2.39. The molecule has 6 heteroatoms. The normalized spacial score (nSPS) is 13.5. The number of guanidine groups is 1. The fraction of sp³-hybridized carbons (Fsp3) is 0.917. The van der Waals surface area contributed by atoms with Crippen molar-refractivity contribution in [3.63, 3.8) is 0 Å². The van der Waals surface area contributed by atoms with E-state index in [4.69, 9.17) is 10.0 Å². The Hall–Kier alpha value is -0.380. The number of rotatable bonds is 9. The van der Waals surface area contributed by atoms with Crippen molar-refractivity contribution in [3.8, 4) is 0 Å². The summed E-state index contributed by atoms with van der Waals surface area (Å²) in [4.78, 5) is 6.16. The summed E-state index contributed by atoms with van der Waals surface area (Å²) >= 11 is 0. The van der Waals surface area contributed by atoms with Gasteiger partial charge in [-0.1, -0.05) is 32.6 Å². The molecule has 0 spiro atoms. The minimum Gasteiger partial charge on any atom is -0.346 e. The van der Waals surface area contributed by atoms with E-state index in [1.165, 1.54) is 25.7 Å². The fourth-order valence-electron chi connectivity index (χ4n) is 1.46. The highest BCUT2D eigenvalue weighted by Gasteiger charge is 2.09. The molecular weight excluding hydrogens is 247 g/mol. The van der Waals surface area contributed by atoms with Crippen molar-refractivity contribution in [2.45, 2.75) is 46.0 Å². The first kappa shape index (κ1) is 17.6. The molecule has 0 aromatic rings. The Morgan fingerprint density at radius 2 is 1.94 bits per heavy atom. The Labute approximate surface area is 113 Å². The highest BCUT2D eigenvalue weighted by atomic mass is 31.2. The Kier molecular flexibility index (Phi) is 11.4. The van der Waals surface area contributed by atoms with Gasteiger partial charge in [0.05, 0.1) is 6.61 Å². The number of hydrogen-bond acceptors (Lipinski definition) is 3. The monoisotopic (exact) mass is 276 g/mol. The summed E-state index contributed by atoms with van der Waals surface area (Å²) in [5.41, 5.74) is 5.91. The highest BCUT2D eigenvalue weighted by Crippen LogP contribution is 2.22. The number of aliphatic imine (C=N–C) groups is 1. The van der Waals surface area contributed by atoms with Crippen LogP contribution in [-0.2, 0) is 4.52 Å². The van der Waals surface area contributed by atoms with Gasteiger partial charge in [0.25, 0.3) is 0 Å². The lowest BCUT2D eigenvalue weighted by atomic mass is 10.2. The molecule has 1 unspecified atom stereocenters. The maximum Gasteiger partial charge on any atom is 0.211 e. The number of nitrogens with zero attached hydrogens (tertiary/aromatic N) is 2. The molecule has 0 aromatic heterocycles. The van der Waals surface area contributed by atoms with Gasteiger partial charge >= 0.3 is 0 Å². The SMILES string of the molecule is CCCCCCCOP(N)NC(=NC)N(C)CC. The molecule has 0 aliphatic rings. The minimum absolute atomic E-state index is 0.728. The molecule has 0 bridgehead atoms. The Bertz CT molecular complexity index is 226. The zero-order valence-corrected chi connectivity index (χ0v) is 13.2. The summed E-state index contributed by atoms with van der Waals surface area (Å²) in [5, 5.41) is 3.12. The topological polar surface area (TPSA) is 62.9 Å². The van der Waals surface area contributed by atoms with Gasteiger partial charge in [0.1, 0.15) is 0 Å². The molecule has 1 atom stereocenters. The number of unbranched alkanes of at least 4 members (excludes halogenated alkanes) is 4. The maximum absolute atomic E-state index is 5.91. The van der Waals surface area contributed by atoms with Crippen molar-refractivity contribution < 1.29 is 4.52 Å². The molecule has 3 N–H and O–H groups in total. The van der Waals surface area contributed by atoms with Crippen LogP contribution in [0.4, 0.5) is 0 Å². The van der Waals surface area contributed by atoms with Crippen LogP contribution in [0, 0.1) is 0 Å². The smallest absolute Gasteiger partial charge is 0.211 e. The Morgan fingerprint density at radius 1 is 1.28 bits per heavy atom. The van der Waals surface area contributed by atoms with E-state index in [1.54, 1.807) is 7.05 Å². The van der Waals surface area contributed by atoms with Crippen LogP contribution in [0.1, 0.15) is 46.0 Å². The third-order valence-corrected chi connectivity index (χ3v) is 3.62. The molecule has 0 aliphatic carbocycles. The van der Waals surface area contributed by atoms with Crippen molar-refractivity contribution in [2.24, 2.45) is 10.5 Å². The lowest BCUT2D eigenvalue weighted by Gasteiger charge is -2.22.